The van der Waals surface area contributed by atoms with Gasteiger partial charge in [-0.1, -0.05) is 23.2 Å². The molecule has 158 valence electrons. The maximum Gasteiger partial charge on any atom is 0.252 e. The molecule has 5 aliphatic rings. The third kappa shape index (κ3) is 3.93. The lowest BCUT2D eigenvalue weighted by Crippen LogP contribution is -2.51. The highest BCUT2D eigenvalue weighted by atomic mass is 35.5. The molecule has 4 bridgehead atoms. The average Bonchev–Trinajstić information content (AvgIpc) is 3.41. The first-order valence-corrected chi connectivity index (χ1v) is 12.8. The Hall–Kier alpha value is -0.820. The number of carbonyl (C=O) groups excluding carboxylic acids is 1. The summed E-state index contributed by atoms with van der Waals surface area (Å²) in [4.78, 5) is 12.8. The predicted octanol–water partition coefficient (Wildman–Crippen LogP) is 4.38. The van der Waals surface area contributed by atoms with Gasteiger partial charge in [-0.25, -0.2) is 13.1 Å². The van der Waals surface area contributed by atoms with Gasteiger partial charge in [0.15, 0.2) is 0 Å². The summed E-state index contributed by atoms with van der Waals surface area (Å²) in [6, 6.07) is 2.62. The van der Waals surface area contributed by atoms with Crippen LogP contribution in [0.3, 0.4) is 0 Å². The third-order valence-corrected chi connectivity index (χ3v) is 9.54. The standard InChI is InChI=1S/C21H26Cl2N2O3S/c22-17-7-18(23)19(29(27,28)25-15-1-2-15)6-16(17)20(26)24-11-21-8-12-3-13(9-21)5-14(4-12)10-21/h6-7,12-15,25H,1-5,8-11H2,(H,24,26). The molecule has 2 N–H and O–H groups in total. The number of sulfonamides is 1. The molecule has 5 nitrogen and oxygen atoms in total. The maximum absolute atomic E-state index is 12.9. The summed E-state index contributed by atoms with van der Waals surface area (Å²) in [6.07, 6.45) is 9.28. The molecule has 0 saturated heterocycles. The molecular weight excluding hydrogens is 431 g/mol. The number of halogens is 2. The molecule has 0 aliphatic heterocycles. The van der Waals surface area contributed by atoms with Gasteiger partial charge in [-0.15, -0.1) is 0 Å². The maximum atomic E-state index is 12.9. The molecule has 0 atom stereocenters. The second kappa shape index (κ2) is 7.11. The van der Waals surface area contributed by atoms with E-state index in [0.717, 1.165) is 30.6 Å². The van der Waals surface area contributed by atoms with E-state index in [4.69, 9.17) is 23.2 Å². The highest BCUT2D eigenvalue weighted by Crippen LogP contribution is 2.59. The van der Waals surface area contributed by atoms with Gasteiger partial charge in [0.05, 0.1) is 15.6 Å². The quantitative estimate of drug-likeness (QED) is 0.666. The van der Waals surface area contributed by atoms with Crippen LogP contribution in [0.5, 0.6) is 0 Å². The number of rotatable bonds is 6. The Morgan fingerprint density at radius 2 is 1.59 bits per heavy atom. The third-order valence-electron chi connectivity index (χ3n) is 7.24. The van der Waals surface area contributed by atoms with Gasteiger partial charge in [-0.05, 0) is 86.7 Å². The Kier molecular flexibility index (Phi) is 4.93. The lowest BCUT2D eigenvalue weighted by molar-refractivity contribution is -0.0503. The van der Waals surface area contributed by atoms with E-state index < -0.39 is 10.0 Å². The highest BCUT2D eigenvalue weighted by molar-refractivity contribution is 7.89. The van der Waals surface area contributed by atoms with E-state index in [1.54, 1.807) is 0 Å². The smallest absolute Gasteiger partial charge is 0.252 e. The van der Waals surface area contributed by atoms with Crippen molar-refractivity contribution < 1.29 is 13.2 Å². The van der Waals surface area contributed by atoms with Crippen LogP contribution in [0.15, 0.2) is 17.0 Å². The molecule has 6 rings (SSSR count). The first kappa shape index (κ1) is 20.1. The van der Waals surface area contributed by atoms with Gasteiger partial charge < -0.3 is 5.32 Å². The van der Waals surface area contributed by atoms with Gasteiger partial charge in [-0.2, -0.15) is 0 Å². The summed E-state index contributed by atoms with van der Waals surface area (Å²) in [6.45, 7) is 0.636. The zero-order chi connectivity index (χ0) is 20.4. The second-order valence-corrected chi connectivity index (χ2v) is 12.3. The van der Waals surface area contributed by atoms with Crippen LogP contribution in [-0.4, -0.2) is 26.9 Å². The molecule has 0 radical (unpaired) electrons. The van der Waals surface area contributed by atoms with Crippen molar-refractivity contribution in [3.63, 3.8) is 0 Å². The first-order chi connectivity index (χ1) is 13.7. The van der Waals surface area contributed by atoms with Crippen molar-refractivity contribution in [3.8, 4) is 0 Å². The number of nitrogens with one attached hydrogen (secondary N) is 2. The molecule has 0 heterocycles. The second-order valence-electron chi connectivity index (χ2n) is 9.76. The Labute approximate surface area is 182 Å². The minimum Gasteiger partial charge on any atom is -0.351 e. The Balaban J connectivity index is 1.34. The molecule has 29 heavy (non-hydrogen) atoms. The van der Waals surface area contributed by atoms with Gasteiger partial charge in [0, 0.05) is 12.6 Å². The lowest BCUT2D eigenvalue weighted by atomic mass is 9.49. The predicted molar refractivity (Wildman–Crippen MR) is 113 cm³/mol. The van der Waals surface area contributed by atoms with Gasteiger partial charge >= 0.3 is 0 Å². The van der Waals surface area contributed by atoms with Crippen LogP contribution < -0.4 is 10.0 Å². The molecule has 1 aromatic carbocycles. The van der Waals surface area contributed by atoms with Crippen LogP contribution in [0.4, 0.5) is 0 Å². The summed E-state index contributed by atoms with van der Waals surface area (Å²) < 4.78 is 27.8. The van der Waals surface area contributed by atoms with Gasteiger partial charge in [0.1, 0.15) is 4.90 Å². The van der Waals surface area contributed by atoms with E-state index in [-0.39, 0.29) is 37.9 Å². The van der Waals surface area contributed by atoms with Gasteiger partial charge in [0.25, 0.3) is 5.91 Å². The molecule has 5 aliphatic carbocycles. The summed E-state index contributed by atoms with van der Waals surface area (Å²) in [7, 11) is -3.77. The van der Waals surface area contributed by atoms with Crippen molar-refractivity contribution >= 4 is 39.1 Å². The highest BCUT2D eigenvalue weighted by Gasteiger charge is 2.50. The van der Waals surface area contributed by atoms with Crippen LogP contribution in [0, 0.1) is 23.2 Å². The number of amides is 1. The monoisotopic (exact) mass is 456 g/mol. The fourth-order valence-corrected chi connectivity index (χ4v) is 8.43. The number of carbonyl (C=O) groups is 1. The summed E-state index contributed by atoms with van der Waals surface area (Å²) in [5.41, 5.74) is 0.364. The van der Waals surface area contributed by atoms with E-state index in [9.17, 15) is 13.2 Å². The summed E-state index contributed by atoms with van der Waals surface area (Å²) in [5.74, 6) is 2.10. The first-order valence-electron chi connectivity index (χ1n) is 10.5. The fourth-order valence-electron chi connectivity index (χ4n) is 6.26. The molecule has 5 saturated carbocycles. The van der Waals surface area contributed by atoms with Crippen molar-refractivity contribution in [1.82, 2.24) is 10.0 Å². The van der Waals surface area contributed by atoms with Crippen molar-refractivity contribution in [3.05, 3.63) is 27.7 Å². The van der Waals surface area contributed by atoms with Crippen LogP contribution in [0.1, 0.15) is 61.7 Å². The van der Waals surface area contributed by atoms with E-state index in [2.05, 4.69) is 10.0 Å². The molecule has 1 amide bonds. The van der Waals surface area contributed by atoms with Gasteiger partial charge in [0.2, 0.25) is 10.0 Å². The van der Waals surface area contributed by atoms with Crippen LogP contribution in [0.25, 0.3) is 0 Å². The normalized spacial score (nSPS) is 33.1. The van der Waals surface area contributed by atoms with Crippen molar-refractivity contribution in [2.45, 2.75) is 62.3 Å². The molecule has 1 aromatic rings. The Morgan fingerprint density at radius 1 is 1.00 bits per heavy atom. The molecular formula is C21H26Cl2N2O3S. The van der Waals surface area contributed by atoms with E-state index in [0.29, 0.717) is 6.54 Å². The van der Waals surface area contributed by atoms with Crippen LogP contribution >= 0.6 is 23.2 Å². The fraction of sp³-hybridized carbons (Fsp3) is 0.667. The molecule has 5 fully saturated rings. The number of hydrogen-bond acceptors (Lipinski definition) is 3. The van der Waals surface area contributed by atoms with Gasteiger partial charge in [-0.3, -0.25) is 4.79 Å². The molecule has 8 heteroatoms. The Bertz CT molecular complexity index is 924. The summed E-state index contributed by atoms with van der Waals surface area (Å²) >= 11 is 12.4. The van der Waals surface area contributed by atoms with Crippen LogP contribution in [-0.2, 0) is 10.0 Å². The number of benzene rings is 1. The van der Waals surface area contributed by atoms with E-state index in [1.807, 2.05) is 0 Å². The largest absolute Gasteiger partial charge is 0.351 e. The van der Waals surface area contributed by atoms with Crippen molar-refractivity contribution in [2.24, 2.45) is 23.2 Å². The zero-order valence-electron chi connectivity index (χ0n) is 16.2. The van der Waals surface area contributed by atoms with E-state index >= 15 is 0 Å². The van der Waals surface area contributed by atoms with E-state index in [1.165, 1.54) is 50.7 Å². The lowest BCUT2D eigenvalue weighted by Gasteiger charge is -2.56. The zero-order valence-corrected chi connectivity index (χ0v) is 18.5. The average molecular weight is 457 g/mol. The van der Waals surface area contributed by atoms with Crippen molar-refractivity contribution in [1.29, 1.82) is 0 Å². The van der Waals surface area contributed by atoms with Crippen molar-refractivity contribution in [2.75, 3.05) is 6.54 Å². The minimum absolute atomic E-state index is 0.0285. The van der Waals surface area contributed by atoms with Crippen LogP contribution in [0.2, 0.25) is 10.0 Å². The molecule has 0 spiro atoms. The SMILES string of the molecule is O=C(NCC12CC3CC(CC(C3)C1)C2)c1cc(S(=O)(=O)NC2CC2)c(Cl)cc1Cl. The molecule has 0 unspecified atom stereocenters. The summed E-state index contributed by atoms with van der Waals surface area (Å²) in [5, 5.41) is 3.26. The Morgan fingerprint density at radius 3 is 2.14 bits per heavy atom. The molecule has 0 aromatic heterocycles. The number of hydrogen-bond donors (Lipinski definition) is 2. The minimum atomic E-state index is -3.77. The topological polar surface area (TPSA) is 75.3 Å².